The molecule has 0 saturated heterocycles. The van der Waals surface area contributed by atoms with Crippen molar-refractivity contribution in [1.29, 1.82) is 0 Å². The molecular weight excluding hydrogens is 312 g/mol. The third-order valence-corrected chi connectivity index (χ3v) is 6.10. The van der Waals surface area contributed by atoms with Crippen LogP contribution in [0.1, 0.15) is 42.5 Å². The zero-order valence-electron chi connectivity index (χ0n) is 13.9. The standard InChI is InChI=1S/C16H28N4S2/c1-4-21-14-7-5-6-13(10-14)20-16(17-3)18-9-8-15-19-11-12(2)22-15/h11,13-14H,4-10H2,1-3H3,(H2,17,18,20). The summed E-state index contributed by atoms with van der Waals surface area (Å²) in [4.78, 5) is 10.0. The highest BCUT2D eigenvalue weighted by molar-refractivity contribution is 7.99. The molecule has 1 aliphatic rings. The Balaban J connectivity index is 1.72. The van der Waals surface area contributed by atoms with Crippen molar-refractivity contribution < 1.29 is 0 Å². The Morgan fingerprint density at radius 1 is 1.50 bits per heavy atom. The molecule has 0 radical (unpaired) electrons. The number of hydrogen-bond acceptors (Lipinski definition) is 4. The zero-order valence-corrected chi connectivity index (χ0v) is 15.5. The number of rotatable bonds is 6. The van der Waals surface area contributed by atoms with Crippen molar-refractivity contribution in [3.63, 3.8) is 0 Å². The molecular formula is C16H28N4S2. The maximum Gasteiger partial charge on any atom is 0.191 e. The first-order chi connectivity index (χ1) is 10.7. The van der Waals surface area contributed by atoms with Crippen LogP contribution in [-0.4, -0.2) is 41.6 Å². The van der Waals surface area contributed by atoms with E-state index in [4.69, 9.17) is 0 Å². The Kier molecular flexibility index (Phi) is 7.52. The number of guanidine groups is 1. The van der Waals surface area contributed by atoms with Gasteiger partial charge in [0.1, 0.15) is 0 Å². The van der Waals surface area contributed by atoms with Gasteiger partial charge in [0.15, 0.2) is 5.96 Å². The highest BCUT2D eigenvalue weighted by Crippen LogP contribution is 2.28. The van der Waals surface area contributed by atoms with Crippen LogP contribution in [0.2, 0.25) is 0 Å². The van der Waals surface area contributed by atoms with Crippen LogP contribution in [0.15, 0.2) is 11.2 Å². The quantitative estimate of drug-likeness (QED) is 0.617. The van der Waals surface area contributed by atoms with Crippen LogP contribution in [0.4, 0.5) is 0 Å². The van der Waals surface area contributed by atoms with Gasteiger partial charge in [0.05, 0.1) is 5.01 Å². The van der Waals surface area contributed by atoms with Crippen LogP contribution in [-0.2, 0) is 6.42 Å². The lowest BCUT2D eigenvalue weighted by Gasteiger charge is -2.30. The van der Waals surface area contributed by atoms with E-state index in [9.17, 15) is 0 Å². The van der Waals surface area contributed by atoms with Gasteiger partial charge in [-0.2, -0.15) is 11.8 Å². The molecule has 1 saturated carbocycles. The van der Waals surface area contributed by atoms with Gasteiger partial charge in [-0.1, -0.05) is 13.3 Å². The van der Waals surface area contributed by atoms with Gasteiger partial charge >= 0.3 is 0 Å². The summed E-state index contributed by atoms with van der Waals surface area (Å²) in [6.07, 6.45) is 8.10. The number of nitrogens with one attached hydrogen (secondary N) is 2. The molecule has 0 aromatic carbocycles. The molecule has 1 aliphatic carbocycles. The number of aryl methyl sites for hydroxylation is 1. The summed E-state index contributed by atoms with van der Waals surface area (Å²) < 4.78 is 0. The van der Waals surface area contributed by atoms with E-state index in [1.807, 2.05) is 13.2 Å². The van der Waals surface area contributed by atoms with Gasteiger partial charge in [0.2, 0.25) is 0 Å². The molecule has 2 rings (SSSR count). The van der Waals surface area contributed by atoms with Crippen molar-refractivity contribution >= 4 is 29.1 Å². The van der Waals surface area contributed by atoms with Gasteiger partial charge in [-0.25, -0.2) is 4.98 Å². The third kappa shape index (κ3) is 5.80. The topological polar surface area (TPSA) is 49.3 Å². The smallest absolute Gasteiger partial charge is 0.191 e. The minimum atomic E-state index is 0.561. The predicted octanol–water partition coefficient (Wildman–Crippen LogP) is 3.22. The van der Waals surface area contributed by atoms with Crippen LogP contribution < -0.4 is 10.6 Å². The average Bonchev–Trinajstić information content (AvgIpc) is 2.92. The molecule has 124 valence electrons. The number of thioether (sulfide) groups is 1. The molecule has 2 unspecified atom stereocenters. The summed E-state index contributed by atoms with van der Waals surface area (Å²) in [6.45, 7) is 5.23. The van der Waals surface area contributed by atoms with Crippen LogP contribution in [0.25, 0.3) is 0 Å². The Hall–Kier alpha value is -0.750. The lowest BCUT2D eigenvalue weighted by molar-refractivity contribution is 0.419. The van der Waals surface area contributed by atoms with Gasteiger partial charge < -0.3 is 10.6 Å². The summed E-state index contributed by atoms with van der Waals surface area (Å²) >= 11 is 3.88. The van der Waals surface area contributed by atoms with Crippen molar-refractivity contribution in [2.45, 2.75) is 57.2 Å². The van der Waals surface area contributed by atoms with Crippen LogP contribution >= 0.6 is 23.1 Å². The fourth-order valence-electron chi connectivity index (χ4n) is 2.86. The van der Waals surface area contributed by atoms with Gasteiger partial charge in [-0.15, -0.1) is 11.3 Å². The van der Waals surface area contributed by atoms with Gasteiger partial charge in [0, 0.05) is 42.4 Å². The molecule has 2 atom stereocenters. The highest BCUT2D eigenvalue weighted by Gasteiger charge is 2.22. The second kappa shape index (κ2) is 9.40. The summed E-state index contributed by atoms with van der Waals surface area (Å²) in [5.74, 6) is 2.15. The maximum absolute atomic E-state index is 4.40. The Labute approximate surface area is 142 Å². The van der Waals surface area contributed by atoms with Gasteiger partial charge in [-0.05, 0) is 31.9 Å². The van der Waals surface area contributed by atoms with E-state index in [0.29, 0.717) is 6.04 Å². The fourth-order valence-corrected chi connectivity index (χ4v) is 4.82. The molecule has 6 heteroatoms. The second-order valence-electron chi connectivity index (χ2n) is 5.70. The first kappa shape index (κ1) is 17.6. The molecule has 1 fully saturated rings. The second-order valence-corrected chi connectivity index (χ2v) is 8.60. The summed E-state index contributed by atoms with van der Waals surface area (Å²) in [6, 6.07) is 0.561. The highest BCUT2D eigenvalue weighted by atomic mass is 32.2. The van der Waals surface area contributed by atoms with Crippen LogP contribution in [0, 0.1) is 6.92 Å². The molecule has 1 heterocycles. The normalized spacial score (nSPS) is 22.6. The third-order valence-electron chi connectivity index (χ3n) is 3.89. The molecule has 0 spiro atoms. The van der Waals surface area contributed by atoms with Crippen molar-refractivity contribution in [2.75, 3.05) is 19.3 Å². The molecule has 1 aromatic heterocycles. The van der Waals surface area contributed by atoms with Crippen LogP contribution in [0.5, 0.6) is 0 Å². The molecule has 0 bridgehead atoms. The number of aliphatic imine (C=N–C) groups is 1. The van der Waals surface area contributed by atoms with Crippen molar-refractivity contribution in [2.24, 2.45) is 4.99 Å². The fraction of sp³-hybridized carbons (Fsp3) is 0.750. The number of hydrogen-bond donors (Lipinski definition) is 2. The van der Waals surface area contributed by atoms with E-state index in [0.717, 1.165) is 24.2 Å². The molecule has 1 aromatic rings. The molecule has 4 nitrogen and oxygen atoms in total. The first-order valence-corrected chi connectivity index (χ1v) is 10.1. The SMILES string of the molecule is CCSC1CCCC(NC(=NC)NCCc2ncc(C)s2)C1. The average molecular weight is 341 g/mol. The van der Waals surface area contributed by atoms with E-state index in [1.165, 1.54) is 41.3 Å². The van der Waals surface area contributed by atoms with E-state index in [1.54, 1.807) is 11.3 Å². The van der Waals surface area contributed by atoms with Gasteiger partial charge in [0.25, 0.3) is 0 Å². The van der Waals surface area contributed by atoms with E-state index < -0.39 is 0 Å². The number of aromatic nitrogens is 1. The lowest BCUT2D eigenvalue weighted by Crippen LogP contribution is -2.46. The minimum absolute atomic E-state index is 0.561. The maximum atomic E-state index is 4.40. The van der Waals surface area contributed by atoms with E-state index in [2.05, 4.69) is 46.2 Å². The molecule has 0 aliphatic heterocycles. The first-order valence-electron chi connectivity index (χ1n) is 8.21. The molecule has 0 amide bonds. The van der Waals surface area contributed by atoms with Gasteiger partial charge in [-0.3, -0.25) is 4.99 Å². The van der Waals surface area contributed by atoms with E-state index in [-0.39, 0.29) is 0 Å². The monoisotopic (exact) mass is 340 g/mol. The zero-order chi connectivity index (χ0) is 15.8. The van der Waals surface area contributed by atoms with Crippen molar-refractivity contribution in [3.05, 3.63) is 16.1 Å². The molecule has 22 heavy (non-hydrogen) atoms. The van der Waals surface area contributed by atoms with Crippen molar-refractivity contribution in [3.8, 4) is 0 Å². The minimum Gasteiger partial charge on any atom is -0.356 e. The van der Waals surface area contributed by atoms with E-state index >= 15 is 0 Å². The summed E-state index contributed by atoms with van der Waals surface area (Å²) in [5, 5.41) is 9.02. The molecule has 2 N–H and O–H groups in total. The summed E-state index contributed by atoms with van der Waals surface area (Å²) in [5.41, 5.74) is 0. The number of thiazole rings is 1. The van der Waals surface area contributed by atoms with Crippen LogP contribution in [0.3, 0.4) is 0 Å². The lowest BCUT2D eigenvalue weighted by atomic mass is 9.95. The Morgan fingerprint density at radius 2 is 2.36 bits per heavy atom. The predicted molar refractivity (Wildman–Crippen MR) is 99.2 cm³/mol. The number of nitrogens with zero attached hydrogens (tertiary/aromatic N) is 2. The summed E-state index contributed by atoms with van der Waals surface area (Å²) in [7, 11) is 1.85. The Bertz CT molecular complexity index is 470. The van der Waals surface area contributed by atoms with Crippen molar-refractivity contribution in [1.82, 2.24) is 15.6 Å². The Morgan fingerprint density at radius 3 is 3.05 bits per heavy atom. The largest absolute Gasteiger partial charge is 0.356 e.